The monoisotopic (exact) mass is 338 g/mol. The molecule has 4 rings (SSSR count). The fourth-order valence-electron chi connectivity index (χ4n) is 4.81. The van der Waals surface area contributed by atoms with Gasteiger partial charge in [-0.05, 0) is 105 Å². The van der Waals surface area contributed by atoms with Crippen LogP contribution in [-0.2, 0) is 6.42 Å². The van der Waals surface area contributed by atoms with Gasteiger partial charge in [0.15, 0.2) is 0 Å². The minimum atomic E-state index is 0.641. The van der Waals surface area contributed by atoms with Crippen molar-refractivity contribution in [2.75, 3.05) is 12.8 Å². The van der Waals surface area contributed by atoms with Gasteiger partial charge >= 0.3 is 0 Å². The van der Waals surface area contributed by atoms with Crippen molar-refractivity contribution in [2.45, 2.75) is 71.4 Å². The molecule has 0 aromatic heterocycles. The molecule has 2 N–H and O–H groups in total. The van der Waals surface area contributed by atoms with E-state index in [1.165, 1.54) is 48.8 Å². The first-order valence-corrected chi connectivity index (χ1v) is 10.3. The number of nitrogens with two attached hydrogens (primary N) is 1. The third-order valence-corrected chi connectivity index (χ3v) is 6.53. The summed E-state index contributed by atoms with van der Waals surface area (Å²) in [4.78, 5) is 2.71. The summed E-state index contributed by atoms with van der Waals surface area (Å²) in [5.41, 5.74) is 13.1. The SMILES string of the molecule is Cc1cc(N)c(CC(C)C)cc1C1=CC(C2CC2)N(C)C(C2CC2)C1. The Morgan fingerprint density at radius 2 is 1.80 bits per heavy atom. The first-order chi connectivity index (χ1) is 11.9. The molecule has 2 fully saturated rings. The molecule has 2 unspecified atom stereocenters. The summed E-state index contributed by atoms with van der Waals surface area (Å²) in [6.07, 6.45) is 10.6. The standard InChI is InChI=1S/C23H34N2/c1-14(2)9-19-11-20(15(3)10-21(19)24)18-12-22(16-5-6-16)25(4)23(13-18)17-7-8-17/h10-12,14,16-17,22-23H,5-9,13,24H2,1-4H3. The molecule has 1 aromatic carbocycles. The average molecular weight is 339 g/mol. The molecule has 1 aliphatic heterocycles. The van der Waals surface area contributed by atoms with E-state index in [4.69, 9.17) is 5.73 Å². The van der Waals surface area contributed by atoms with Gasteiger partial charge in [-0.25, -0.2) is 0 Å². The number of aryl methyl sites for hydroxylation is 1. The number of anilines is 1. The lowest BCUT2D eigenvalue weighted by Gasteiger charge is -2.39. The van der Waals surface area contributed by atoms with Crippen molar-refractivity contribution in [3.63, 3.8) is 0 Å². The summed E-state index contributed by atoms with van der Waals surface area (Å²) in [6.45, 7) is 6.79. The summed E-state index contributed by atoms with van der Waals surface area (Å²) < 4.78 is 0. The van der Waals surface area contributed by atoms with E-state index in [1.807, 2.05) is 0 Å². The van der Waals surface area contributed by atoms with Crippen LogP contribution in [0.2, 0.25) is 0 Å². The van der Waals surface area contributed by atoms with Crippen LogP contribution in [0.4, 0.5) is 5.69 Å². The highest BCUT2D eigenvalue weighted by molar-refractivity contribution is 5.73. The fourth-order valence-corrected chi connectivity index (χ4v) is 4.81. The smallest absolute Gasteiger partial charge is 0.0349 e. The number of rotatable bonds is 5. The molecule has 1 aromatic rings. The molecular formula is C23H34N2. The fraction of sp³-hybridized carbons (Fsp3) is 0.652. The van der Waals surface area contributed by atoms with Gasteiger partial charge < -0.3 is 5.73 Å². The van der Waals surface area contributed by atoms with Gasteiger partial charge in [0, 0.05) is 17.8 Å². The van der Waals surface area contributed by atoms with Gasteiger partial charge in [0.25, 0.3) is 0 Å². The maximum Gasteiger partial charge on any atom is 0.0349 e. The number of hydrogen-bond acceptors (Lipinski definition) is 2. The maximum absolute atomic E-state index is 6.33. The summed E-state index contributed by atoms with van der Waals surface area (Å²) in [5.74, 6) is 2.47. The molecule has 3 aliphatic rings. The summed E-state index contributed by atoms with van der Waals surface area (Å²) >= 11 is 0. The lowest BCUT2D eigenvalue weighted by atomic mass is 9.84. The van der Waals surface area contributed by atoms with Crippen LogP contribution in [0.25, 0.3) is 5.57 Å². The molecule has 136 valence electrons. The largest absolute Gasteiger partial charge is 0.398 e. The molecule has 2 heteroatoms. The lowest BCUT2D eigenvalue weighted by Crippen LogP contribution is -2.44. The minimum absolute atomic E-state index is 0.641. The summed E-state index contributed by atoms with van der Waals surface area (Å²) in [5, 5.41) is 0. The van der Waals surface area contributed by atoms with E-state index in [1.54, 1.807) is 5.57 Å². The first kappa shape index (κ1) is 17.1. The molecule has 0 spiro atoms. The van der Waals surface area contributed by atoms with Gasteiger partial charge in [0.2, 0.25) is 0 Å². The van der Waals surface area contributed by atoms with Crippen molar-refractivity contribution in [2.24, 2.45) is 17.8 Å². The highest BCUT2D eigenvalue weighted by Crippen LogP contribution is 2.47. The molecule has 1 heterocycles. The highest BCUT2D eigenvalue weighted by Gasteiger charge is 2.43. The van der Waals surface area contributed by atoms with E-state index in [9.17, 15) is 0 Å². The van der Waals surface area contributed by atoms with Crippen molar-refractivity contribution < 1.29 is 0 Å². The summed E-state index contributed by atoms with van der Waals surface area (Å²) in [7, 11) is 2.37. The second kappa shape index (κ2) is 6.46. The highest BCUT2D eigenvalue weighted by atomic mass is 15.2. The topological polar surface area (TPSA) is 29.3 Å². The molecule has 0 amide bonds. The Hall–Kier alpha value is -1.28. The first-order valence-electron chi connectivity index (χ1n) is 10.3. The Morgan fingerprint density at radius 3 is 2.40 bits per heavy atom. The second-order valence-corrected chi connectivity index (χ2v) is 9.26. The van der Waals surface area contributed by atoms with Gasteiger partial charge in [-0.2, -0.15) is 0 Å². The van der Waals surface area contributed by atoms with Crippen LogP contribution >= 0.6 is 0 Å². The van der Waals surface area contributed by atoms with E-state index in [2.05, 4.69) is 50.9 Å². The maximum atomic E-state index is 6.33. The van der Waals surface area contributed by atoms with Crippen molar-refractivity contribution in [1.82, 2.24) is 4.90 Å². The molecule has 2 saturated carbocycles. The third kappa shape index (κ3) is 3.51. The van der Waals surface area contributed by atoms with Crippen molar-refractivity contribution in [3.8, 4) is 0 Å². The van der Waals surface area contributed by atoms with Crippen LogP contribution in [0, 0.1) is 24.7 Å². The van der Waals surface area contributed by atoms with E-state index in [0.717, 1.165) is 30.0 Å². The third-order valence-electron chi connectivity index (χ3n) is 6.53. The van der Waals surface area contributed by atoms with E-state index in [0.29, 0.717) is 12.0 Å². The number of nitrogens with zero attached hydrogens (tertiary/aromatic N) is 1. The molecular weight excluding hydrogens is 304 g/mol. The normalized spacial score (nSPS) is 27.6. The Kier molecular flexibility index (Phi) is 4.43. The van der Waals surface area contributed by atoms with Crippen molar-refractivity contribution >= 4 is 11.3 Å². The van der Waals surface area contributed by atoms with Crippen LogP contribution in [0.3, 0.4) is 0 Å². The van der Waals surface area contributed by atoms with Crippen LogP contribution in [0.5, 0.6) is 0 Å². The number of hydrogen-bond donors (Lipinski definition) is 1. The Bertz CT molecular complexity index is 680. The quantitative estimate of drug-likeness (QED) is 0.761. The second-order valence-electron chi connectivity index (χ2n) is 9.26. The van der Waals surface area contributed by atoms with E-state index < -0.39 is 0 Å². The summed E-state index contributed by atoms with van der Waals surface area (Å²) in [6, 6.07) is 6.02. The van der Waals surface area contributed by atoms with Crippen LogP contribution < -0.4 is 5.73 Å². The predicted molar refractivity (Wildman–Crippen MR) is 108 cm³/mol. The molecule has 2 nitrogen and oxygen atoms in total. The number of benzene rings is 1. The van der Waals surface area contributed by atoms with Crippen molar-refractivity contribution in [3.05, 3.63) is 34.9 Å². The lowest BCUT2D eigenvalue weighted by molar-refractivity contribution is 0.160. The van der Waals surface area contributed by atoms with Gasteiger partial charge in [0.05, 0.1) is 0 Å². The Labute approximate surface area is 153 Å². The van der Waals surface area contributed by atoms with Crippen LogP contribution in [0.1, 0.15) is 62.6 Å². The van der Waals surface area contributed by atoms with Crippen LogP contribution in [-0.4, -0.2) is 24.0 Å². The Morgan fingerprint density at radius 1 is 1.12 bits per heavy atom. The molecule has 2 aliphatic carbocycles. The number of likely N-dealkylation sites (N-methyl/N-ethyl adjacent to an activating group) is 1. The predicted octanol–water partition coefficient (Wildman–Crippen LogP) is 5.05. The van der Waals surface area contributed by atoms with Gasteiger partial charge in [-0.1, -0.05) is 19.9 Å². The molecule has 0 radical (unpaired) electrons. The van der Waals surface area contributed by atoms with Crippen LogP contribution in [0.15, 0.2) is 18.2 Å². The molecule has 0 saturated heterocycles. The van der Waals surface area contributed by atoms with Crippen molar-refractivity contribution in [1.29, 1.82) is 0 Å². The zero-order chi connectivity index (χ0) is 17.7. The number of nitrogen functional groups attached to an aromatic ring is 1. The average Bonchev–Trinajstić information content (AvgIpc) is 3.43. The van der Waals surface area contributed by atoms with E-state index >= 15 is 0 Å². The zero-order valence-corrected chi connectivity index (χ0v) is 16.4. The molecule has 2 atom stereocenters. The van der Waals surface area contributed by atoms with Gasteiger partial charge in [0.1, 0.15) is 0 Å². The van der Waals surface area contributed by atoms with E-state index in [-0.39, 0.29) is 0 Å². The Balaban J connectivity index is 1.70. The van der Waals surface area contributed by atoms with Gasteiger partial charge in [-0.3, -0.25) is 4.90 Å². The van der Waals surface area contributed by atoms with Gasteiger partial charge in [-0.15, -0.1) is 0 Å². The zero-order valence-electron chi connectivity index (χ0n) is 16.4. The molecule has 0 bridgehead atoms. The molecule has 25 heavy (non-hydrogen) atoms. The minimum Gasteiger partial charge on any atom is -0.398 e.